The minimum atomic E-state index is 0.683. The number of hydrogen-bond acceptors (Lipinski definition) is 4. The summed E-state index contributed by atoms with van der Waals surface area (Å²) in [5.74, 6) is 0.683. The van der Waals surface area contributed by atoms with Gasteiger partial charge in [-0.2, -0.15) is 0 Å². The molecule has 0 amide bonds. The van der Waals surface area contributed by atoms with Crippen molar-refractivity contribution in [1.82, 2.24) is 14.5 Å². The SMILES string of the molecule is c1ccc(-c2cccc3c2sc2c3ccc3c2c2ccccc2n3-c2nccc(-c3cccc4c3sc3ccccc34)n2)cc1. The summed E-state index contributed by atoms with van der Waals surface area (Å²) in [5.41, 5.74) is 6.81. The van der Waals surface area contributed by atoms with Crippen LogP contribution in [0.1, 0.15) is 0 Å². The highest BCUT2D eigenvalue weighted by Gasteiger charge is 2.20. The monoisotopic (exact) mass is 609 g/mol. The molecule has 210 valence electrons. The molecular weight excluding hydrogens is 587 g/mol. The van der Waals surface area contributed by atoms with E-state index in [1.54, 1.807) is 0 Å². The molecule has 0 radical (unpaired) electrons. The van der Waals surface area contributed by atoms with Gasteiger partial charge >= 0.3 is 0 Å². The van der Waals surface area contributed by atoms with Gasteiger partial charge in [-0.15, -0.1) is 22.7 Å². The Hall–Kier alpha value is -5.36. The lowest BCUT2D eigenvalue weighted by atomic mass is 10.0. The lowest BCUT2D eigenvalue weighted by Gasteiger charge is -2.09. The highest BCUT2D eigenvalue weighted by molar-refractivity contribution is 7.27. The van der Waals surface area contributed by atoms with E-state index in [0.29, 0.717) is 5.95 Å². The molecule has 4 heterocycles. The summed E-state index contributed by atoms with van der Waals surface area (Å²) in [4.78, 5) is 10.1. The van der Waals surface area contributed by atoms with Crippen molar-refractivity contribution in [2.45, 2.75) is 0 Å². The van der Waals surface area contributed by atoms with Gasteiger partial charge < -0.3 is 0 Å². The fraction of sp³-hybridized carbons (Fsp3) is 0. The van der Waals surface area contributed by atoms with Gasteiger partial charge in [-0.25, -0.2) is 9.97 Å². The third kappa shape index (κ3) is 3.62. The van der Waals surface area contributed by atoms with E-state index in [2.05, 4.69) is 132 Å². The molecule has 4 aromatic heterocycles. The molecule has 0 saturated carbocycles. The number of aromatic nitrogens is 3. The van der Waals surface area contributed by atoms with Crippen LogP contribution in [0.15, 0.2) is 140 Å². The fourth-order valence-corrected chi connectivity index (χ4v) is 9.54. The standard InChI is InChI=1S/C40H23N3S2/c1-2-10-24(11-3-1)25-14-8-16-28-29-20-21-34-36(39(29)45-37(25)28)31-13-4-6-18-33(31)43(34)40-41-23-22-32(42-40)30-17-9-15-27-26-12-5-7-19-35(26)44-38(27)30/h1-23H. The first-order valence-corrected chi connectivity index (χ1v) is 16.6. The van der Waals surface area contributed by atoms with Crippen LogP contribution in [-0.2, 0) is 0 Å². The number of rotatable bonds is 3. The summed E-state index contributed by atoms with van der Waals surface area (Å²) in [5, 5.41) is 7.61. The Morgan fingerprint density at radius 1 is 0.467 bits per heavy atom. The summed E-state index contributed by atoms with van der Waals surface area (Å²) < 4.78 is 7.40. The molecule has 10 rings (SSSR count). The van der Waals surface area contributed by atoms with Crippen molar-refractivity contribution in [1.29, 1.82) is 0 Å². The molecule has 0 saturated heterocycles. The van der Waals surface area contributed by atoms with Gasteiger partial charge in [-0.3, -0.25) is 4.57 Å². The molecule has 0 aliphatic rings. The molecular formula is C40H23N3S2. The van der Waals surface area contributed by atoms with E-state index < -0.39 is 0 Å². The van der Waals surface area contributed by atoms with Crippen LogP contribution >= 0.6 is 22.7 Å². The van der Waals surface area contributed by atoms with Crippen molar-refractivity contribution in [3.05, 3.63) is 140 Å². The summed E-state index contributed by atoms with van der Waals surface area (Å²) >= 11 is 3.72. The van der Waals surface area contributed by atoms with E-state index in [1.807, 2.05) is 34.9 Å². The first-order valence-electron chi connectivity index (χ1n) is 15.0. The second-order valence-corrected chi connectivity index (χ2v) is 13.4. The zero-order chi connectivity index (χ0) is 29.5. The Morgan fingerprint density at radius 2 is 1.16 bits per heavy atom. The maximum Gasteiger partial charge on any atom is 0.235 e. The Bertz CT molecular complexity index is 2770. The average molecular weight is 610 g/mol. The van der Waals surface area contributed by atoms with Crippen LogP contribution in [0.3, 0.4) is 0 Å². The van der Waals surface area contributed by atoms with Crippen LogP contribution < -0.4 is 0 Å². The molecule has 3 nitrogen and oxygen atoms in total. The van der Waals surface area contributed by atoms with E-state index in [9.17, 15) is 0 Å². The summed E-state index contributed by atoms with van der Waals surface area (Å²) in [6.45, 7) is 0. The second-order valence-electron chi connectivity index (χ2n) is 11.4. The first kappa shape index (κ1) is 25.0. The van der Waals surface area contributed by atoms with Gasteiger partial charge in [0.25, 0.3) is 0 Å². The largest absolute Gasteiger partial charge is 0.278 e. The van der Waals surface area contributed by atoms with E-state index in [0.717, 1.165) is 22.3 Å². The molecule has 10 aromatic rings. The van der Waals surface area contributed by atoms with Gasteiger partial charge in [0.1, 0.15) is 0 Å². The van der Waals surface area contributed by atoms with Crippen LogP contribution in [0.25, 0.3) is 90.5 Å². The summed E-state index contributed by atoms with van der Waals surface area (Å²) in [6.07, 6.45) is 1.90. The third-order valence-electron chi connectivity index (χ3n) is 8.91. The lowest BCUT2D eigenvalue weighted by Crippen LogP contribution is -2.01. The maximum atomic E-state index is 5.24. The third-order valence-corrected chi connectivity index (χ3v) is 11.4. The highest BCUT2D eigenvalue weighted by atomic mass is 32.1. The van der Waals surface area contributed by atoms with Crippen LogP contribution in [-0.4, -0.2) is 14.5 Å². The van der Waals surface area contributed by atoms with Crippen molar-refractivity contribution in [2.75, 3.05) is 0 Å². The topological polar surface area (TPSA) is 30.7 Å². The van der Waals surface area contributed by atoms with Crippen molar-refractivity contribution >= 4 is 84.8 Å². The van der Waals surface area contributed by atoms with E-state index in [-0.39, 0.29) is 0 Å². The van der Waals surface area contributed by atoms with Crippen LogP contribution in [0.2, 0.25) is 0 Å². The van der Waals surface area contributed by atoms with Crippen molar-refractivity contribution < 1.29 is 0 Å². The Morgan fingerprint density at radius 3 is 2.04 bits per heavy atom. The zero-order valence-electron chi connectivity index (χ0n) is 23.9. The molecule has 6 aromatic carbocycles. The predicted octanol–water partition coefficient (Wildman–Crippen LogP) is 11.6. The number of hydrogen-bond donors (Lipinski definition) is 0. The normalized spacial score (nSPS) is 12.0. The van der Waals surface area contributed by atoms with Gasteiger partial charge in [0, 0.05) is 62.9 Å². The van der Waals surface area contributed by atoms with Crippen LogP contribution in [0, 0.1) is 0 Å². The van der Waals surface area contributed by atoms with E-state index >= 15 is 0 Å². The van der Waals surface area contributed by atoms with E-state index in [4.69, 9.17) is 9.97 Å². The van der Waals surface area contributed by atoms with Gasteiger partial charge in [0.2, 0.25) is 5.95 Å². The molecule has 0 fully saturated rings. The Labute approximate surface area is 266 Å². The maximum absolute atomic E-state index is 5.24. The molecule has 0 N–H and O–H groups in total. The first-order chi connectivity index (χ1) is 22.3. The molecule has 0 bridgehead atoms. The molecule has 45 heavy (non-hydrogen) atoms. The number of para-hydroxylation sites is 1. The van der Waals surface area contributed by atoms with Gasteiger partial charge in [-0.05, 0) is 35.4 Å². The number of benzene rings is 6. The average Bonchev–Trinajstić information content (AvgIpc) is 3.78. The van der Waals surface area contributed by atoms with Crippen LogP contribution in [0.4, 0.5) is 0 Å². The quantitative estimate of drug-likeness (QED) is 0.199. The number of nitrogens with zero attached hydrogens (tertiary/aromatic N) is 3. The Kier molecular flexibility index (Phi) is 5.32. The van der Waals surface area contributed by atoms with Crippen molar-refractivity contribution in [3.8, 4) is 28.3 Å². The van der Waals surface area contributed by atoms with Gasteiger partial charge in [0.05, 0.1) is 16.7 Å². The van der Waals surface area contributed by atoms with Crippen LogP contribution in [0.5, 0.6) is 0 Å². The smallest absolute Gasteiger partial charge is 0.235 e. The molecule has 0 unspecified atom stereocenters. The molecule has 0 aliphatic carbocycles. The van der Waals surface area contributed by atoms with Crippen molar-refractivity contribution in [2.24, 2.45) is 0 Å². The highest BCUT2D eigenvalue weighted by Crippen LogP contribution is 2.46. The molecule has 0 atom stereocenters. The molecule has 5 heteroatoms. The summed E-state index contributed by atoms with van der Waals surface area (Å²) in [7, 11) is 0. The minimum Gasteiger partial charge on any atom is -0.278 e. The zero-order valence-corrected chi connectivity index (χ0v) is 25.6. The predicted molar refractivity (Wildman–Crippen MR) is 193 cm³/mol. The second kappa shape index (κ2) is 9.57. The van der Waals surface area contributed by atoms with Crippen molar-refractivity contribution in [3.63, 3.8) is 0 Å². The molecule has 0 spiro atoms. The fourth-order valence-electron chi connectivity index (χ4n) is 6.92. The van der Waals surface area contributed by atoms with Gasteiger partial charge in [-0.1, -0.05) is 109 Å². The van der Waals surface area contributed by atoms with Gasteiger partial charge in [0.15, 0.2) is 0 Å². The molecule has 0 aliphatic heterocycles. The lowest BCUT2D eigenvalue weighted by molar-refractivity contribution is 0.993. The summed E-state index contributed by atoms with van der Waals surface area (Å²) in [6, 6.07) is 47.8. The minimum absolute atomic E-state index is 0.683. The Balaban J connectivity index is 1.23. The number of thiophene rings is 2. The number of fused-ring (bicyclic) bond motifs is 10. The van der Waals surface area contributed by atoms with E-state index in [1.165, 1.54) is 62.2 Å².